The summed E-state index contributed by atoms with van der Waals surface area (Å²) >= 11 is 0. The van der Waals surface area contributed by atoms with Crippen LogP contribution in [0.3, 0.4) is 0 Å². The maximum absolute atomic E-state index is 13.2. The minimum atomic E-state index is -3.74. The van der Waals surface area contributed by atoms with Crippen molar-refractivity contribution in [2.45, 2.75) is 19.4 Å². The van der Waals surface area contributed by atoms with Gasteiger partial charge in [0.25, 0.3) is 16.0 Å². The Kier molecular flexibility index (Phi) is 4.84. The molecule has 0 heterocycles. The number of halogens is 1. The van der Waals surface area contributed by atoms with E-state index < -0.39 is 27.9 Å². The topological polar surface area (TPSA) is 98.5 Å². The molecule has 0 saturated carbocycles. The number of nitrogen functional groups attached to an aromatic ring is 1. The molecule has 0 aliphatic rings. The number of nitrogens with two attached hydrogens (primary N) is 1. The van der Waals surface area contributed by atoms with Gasteiger partial charge in [0.05, 0.1) is 11.9 Å². The van der Waals surface area contributed by atoms with E-state index in [9.17, 15) is 17.6 Å². The Morgan fingerprint density at radius 1 is 1.53 bits per heavy atom. The smallest absolute Gasteiger partial charge is 0.265 e. The average Bonchev–Trinajstić information content (AvgIpc) is 2.29. The standard InChI is InChI=1S/C11H15FN2O4S/c1-3-10(18-19(2,16)17)11(15)14-7-4-5-9(13)8(12)6-7/h4-6,10H,3,13H2,1-2H3,(H,14,15)/t10-/m1/s1. The normalized spacial score (nSPS) is 13.0. The van der Waals surface area contributed by atoms with E-state index in [0.29, 0.717) is 0 Å². The van der Waals surface area contributed by atoms with Gasteiger partial charge in [-0.3, -0.25) is 8.98 Å². The highest BCUT2D eigenvalue weighted by molar-refractivity contribution is 7.86. The number of hydrogen-bond donors (Lipinski definition) is 2. The lowest BCUT2D eigenvalue weighted by Crippen LogP contribution is -2.31. The van der Waals surface area contributed by atoms with Crippen molar-refractivity contribution in [1.82, 2.24) is 0 Å². The molecule has 0 fully saturated rings. The Bertz CT molecular complexity index is 574. The largest absolute Gasteiger partial charge is 0.396 e. The van der Waals surface area contributed by atoms with Gasteiger partial charge in [-0.2, -0.15) is 8.42 Å². The van der Waals surface area contributed by atoms with Gasteiger partial charge in [-0.25, -0.2) is 4.39 Å². The van der Waals surface area contributed by atoms with Crippen LogP contribution in [0, 0.1) is 5.82 Å². The Morgan fingerprint density at radius 2 is 2.16 bits per heavy atom. The first-order chi connectivity index (χ1) is 8.73. The molecule has 0 aromatic heterocycles. The van der Waals surface area contributed by atoms with Gasteiger partial charge in [-0.1, -0.05) is 6.92 Å². The summed E-state index contributed by atoms with van der Waals surface area (Å²) < 4.78 is 39.8. The van der Waals surface area contributed by atoms with Gasteiger partial charge in [0.15, 0.2) is 6.10 Å². The Labute approximate surface area is 110 Å². The average molecular weight is 290 g/mol. The van der Waals surface area contributed by atoms with E-state index in [2.05, 4.69) is 9.50 Å². The van der Waals surface area contributed by atoms with Crippen molar-refractivity contribution in [3.8, 4) is 0 Å². The highest BCUT2D eigenvalue weighted by Gasteiger charge is 2.22. The molecule has 6 nitrogen and oxygen atoms in total. The summed E-state index contributed by atoms with van der Waals surface area (Å²) in [4.78, 5) is 11.8. The van der Waals surface area contributed by atoms with E-state index in [4.69, 9.17) is 5.73 Å². The number of nitrogens with one attached hydrogen (secondary N) is 1. The maximum Gasteiger partial charge on any atom is 0.265 e. The number of rotatable bonds is 5. The second-order valence-corrected chi connectivity index (χ2v) is 5.52. The van der Waals surface area contributed by atoms with Crippen molar-refractivity contribution in [3.63, 3.8) is 0 Å². The van der Waals surface area contributed by atoms with E-state index in [0.717, 1.165) is 12.3 Å². The first kappa shape index (κ1) is 15.4. The second kappa shape index (κ2) is 5.98. The fourth-order valence-electron chi connectivity index (χ4n) is 1.34. The van der Waals surface area contributed by atoms with Crippen LogP contribution in [0.1, 0.15) is 13.3 Å². The van der Waals surface area contributed by atoms with Crippen molar-refractivity contribution in [2.75, 3.05) is 17.3 Å². The molecule has 0 spiro atoms. The molecule has 1 aromatic carbocycles. The predicted molar refractivity (Wildman–Crippen MR) is 69.4 cm³/mol. The number of anilines is 2. The zero-order chi connectivity index (χ0) is 14.6. The molecule has 0 radical (unpaired) electrons. The number of carbonyl (C=O) groups excluding carboxylic acids is 1. The van der Waals surface area contributed by atoms with Crippen LogP contribution in [0.25, 0.3) is 0 Å². The molecule has 19 heavy (non-hydrogen) atoms. The minimum absolute atomic E-state index is 0.0440. The van der Waals surface area contributed by atoms with Crippen LogP contribution in [0.15, 0.2) is 18.2 Å². The molecule has 0 saturated heterocycles. The maximum atomic E-state index is 13.2. The summed E-state index contributed by atoms with van der Waals surface area (Å²) in [5, 5.41) is 2.36. The molecule has 0 unspecified atom stereocenters. The van der Waals surface area contributed by atoms with Gasteiger partial charge in [0.1, 0.15) is 5.82 Å². The summed E-state index contributed by atoms with van der Waals surface area (Å²) in [6, 6.07) is 3.74. The Balaban J connectivity index is 2.79. The Hall–Kier alpha value is -1.67. The number of benzene rings is 1. The SMILES string of the molecule is CC[C@@H](OS(C)(=O)=O)C(=O)Nc1ccc(N)c(F)c1. The van der Waals surface area contributed by atoms with Crippen LogP contribution in [0.4, 0.5) is 15.8 Å². The first-order valence-corrected chi connectivity index (χ1v) is 7.28. The van der Waals surface area contributed by atoms with Gasteiger partial charge in [-0.15, -0.1) is 0 Å². The molecule has 1 amide bonds. The lowest BCUT2D eigenvalue weighted by molar-refractivity contribution is -0.122. The van der Waals surface area contributed by atoms with Crippen LogP contribution >= 0.6 is 0 Å². The van der Waals surface area contributed by atoms with E-state index in [1.807, 2.05) is 0 Å². The number of carbonyl (C=O) groups is 1. The summed E-state index contributed by atoms with van der Waals surface area (Å²) in [6.07, 6.45) is -0.141. The molecule has 0 aliphatic carbocycles. The first-order valence-electron chi connectivity index (χ1n) is 5.47. The van der Waals surface area contributed by atoms with Crippen molar-refractivity contribution in [1.29, 1.82) is 0 Å². The highest BCUT2D eigenvalue weighted by atomic mass is 32.2. The lowest BCUT2D eigenvalue weighted by atomic mass is 10.2. The summed E-state index contributed by atoms with van der Waals surface area (Å²) in [6.45, 7) is 1.60. The van der Waals surface area contributed by atoms with Gasteiger partial charge >= 0.3 is 0 Å². The summed E-state index contributed by atoms with van der Waals surface area (Å²) in [5.41, 5.74) is 5.43. The van der Waals surface area contributed by atoms with Gasteiger partial charge in [0, 0.05) is 5.69 Å². The zero-order valence-electron chi connectivity index (χ0n) is 10.5. The molecule has 1 aromatic rings. The number of amides is 1. The molecule has 3 N–H and O–H groups in total. The molecular formula is C11H15FN2O4S. The molecule has 1 rings (SSSR count). The number of hydrogen-bond acceptors (Lipinski definition) is 5. The van der Waals surface area contributed by atoms with E-state index in [1.165, 1.54) is 12.1 Å². The molecule has 8 heteroatoms. The predicted octanol–water partition coefficient (Wildman–Crippen LogP) is 1.10. The highest BCUT2D eigenvalue weighted by Crippen LogP contribution is 2.16. The molecule has 0 bridgehead atoms. The van der Waals surface area contributed by atoms with Crippen molar-refractivity contribution >= 4 is 27.4 Å². The van der Waals surface area contributed by atoms with E-state index >= 15 is 0 Å². The minimum Gasteiger partial charge on any atom is -0.396 e. The molecule has 106 valence electrons. The Morgan fingerprint density at radius 3 is 2.63 bits per heavy atom. The lowest BCUT2D eigenvalue weighted by Gasteiger charge is -2.14. The third kappa shape index (κ3) is 4.84. The van der Waals surface area contributed by atoms with Crippen molar-refractivity contribution in [3.05, 3.63) is 24.0 Å². The second-order valence-electron chi connectivity index (χ2n) is 3.92. The third-order valence-corrected chi connectivity index (χ3v) is 2.80. The fraction of sp³-hybridized carbons (Fsp3) is 0.364. The van der Waals surface area contributed by atoms with Crippen LogP contribution in [-0.2, 0) is 19.1 Å². The molecular weight excluding hydrogens is 275 g/mol. The van der Waals surface area contributed by atoms with Crippen LogP contribution in [0.2, 0.25) is 0 Å². The summed E-state index contributed by atoms with van der Waals surface area (Å²) in [7, 11) is -3.74. The van der Waals surface area contributed by atoms with Gasteiger partial charge in [-0.05, 0) is 24.6 Å². The van der Waals surface area contributed by atoms with Crippen LogP contribution < -0.4 is 11.1 Å². The van der Waals surface area contributed by atoms with E-state index in [1.54, 1.807) is 6.92 Å². The van der Waals surface area contributed by atoms with E-state index in [-0.39, 0.29) is 17.8 Å². The van der Waals surface area contributed by atoms with Gasteiger partial charge < -0.3 is 11.1 Å². The summed E-state index contributed by atoms with van der Waals surface area (Å²) in [5.74, 6) is -1.34. The monoisotopic (exact) mass is 290 g/mol. The zero-order valence-corrected chi connectivity index (χ0v) is 11.3. The van der Waals surface area contributed by atoms with Crippen molar-refractivity contribution in [2.24, 2.45) is 0 Å². The van der Waals surface area contributed by atoms with Crippen molar-refractivity contribution < 1.29 is 21.8 Å². The molecule has 1 atom stereocenters. The quantitative estimate of drug-likeness (QED) is 0.625. The fourth-order valence-corrected chi connectivity index (χ4v) is 1.98. The molecule has 0 aliphatic heterocycles. The van der Waals surface area contributed by atoms with Crippen LogP contribution in [-0.4, -0.2) is 26.7 Å². The third-order valence-electron chi connectivity index (χ3n) is 2.22. The van der Waals surface area contributed by atoms with Gasteiger partial charge in [0.2, 0.25) is 0 Å². The van der Waals surface area contributed by atoms with Crippen LogP contribution in [0.5, 0.6) is 0 Å².